The van der Waals surface area contributed by atoms with Gasteiger partial charge in [0.2, 0.25) is 0 Å². The third-order valence-corrected chi connectivity index (χ3v) is 9.60. The molecule has 0 bridgehead atoms. The third-order valence-electron chi connectivity index (χ3n) is 9.60. The topological polar surface area (TPSA) is 61.8 Å². The molecule has 7 aromatic carbocycles. The number of rotatable bonds is 4. The summed E-state index contributed by atoms with van der Waals surface area (Å²) in [6, 6.07) is 55.7. The van der Waals surface area contributed by atoms with Gasteiger partial charge in [-0.25, -0.2) is 4.85 Å². The molecule has 50 heavy (non-hydrogen) atoms. The Morgan fingerprint density at radius 3 is 1.88 bits per heavy atom. The van der Waals surface area contributed by atoms with Crippen molar-refractivity contribution in [2.75, 3.05) is 0 Å². The summed E-state index contributed by atoms with van der Waals surface area (Å²) in [5, 5.41) is 24.3. The molecule has 0 fully saturated rings. The van der Waals surface area contributed by atoms with Gasteiger partial charge in [0, 0.05) is 38.3 Å². The monoisotopic (exact) mass is 635 g/mol. The van der Waals surface area contributed by atoms with E-state index < -0.39 is 0 Å². The van der Waals surface area contributed by atoms with Gasteiger partial charge >= 0.3 is 0 Å². The van der Waals surface area contributed by atoms with Crippen molar-refractivity contribution in [2.24, 2.45) is 0 Å². The molecular formula is C45H25N5. The quantitative estimate of drug-likeness (QED) is 0.181. The molecule has 0 unspecified atom stereocenters. The Kier molecular flexibility index (Phi) is 6.56. The minimum absolute atomic E-state index is 0.521. The number of benzene rings is 7. The molecule has 0 radical (unpaired) electrons. The lowest BCUT2D eigenvalue weighted by Gasteiger charge is -2.16. The van der Waals surface area contributed by atoms with Gasteiger partial charge in [-0.1, -0.05) is 91.0 Å². The fraction of sp³-hybridized carbons (Fsp3) is 0. The molecule has 9 aromatic rings. The second-order valence-electron chi connectivity index (χ2n) is 12.3. The first-order valence-electron chi connectivity index (χ1n) is 16.3. The maximum absolute atomic E-state index is 10.3. The number of hydrogen-bond acceptors (Lipinski definition) is 2. The van der Waals surface area contributed by atoms with E-state index in [1.807, 2.05) is 48.5 Å². The van der Waals surface area contributed by atoms with E-state index in [2.05, 4.69) is 123 Å². The summed E-state index contributed by atoms with van der Waals surface area (Å²) in [5.74, 6) is 0. The van der Waals surface area contributed by atoms with Crippen molar-refractivity contribution in [1.29, 1.82) is 10.5 Å². The van der Waals surface area contributed by atoms with Crippen molar-refractivity contribution in [1.82, 2.24) is 9.13 Å². The number of nitrogens with zero attached hydrogens (tertiary/aromatic N) is 5. The second-order valence-corrected chi connectivity index (χ2v) is 12.3. The number of nitriles is 2. The third kappa shape index (κ3) is 4.38. The lowest BCUT2D eigenvalue weighted by atomic mass is 9.95. The smallest absolute Gasteiger partial charge is 0.189 e. The zero-order chi connectivity index (χ0) is 33.8. The van der Waals surface area contributed by atoms with Gasteiger partial charge in [0.05, 0.1) is 52.1 Å². The first-order chi connectivity index (χ1) is 24.7. The van der Waals surface area contributed by atoms with Gasteiger partial charge in [-0.05, 0) is 77.4 Å². The van der Waals surface area contributed by atoms with E-state index in [4.69, 9.17) is 6.57 Å². The molecule has 0 aliphatic rings. The van der Waals surface area contributed by atoms with Crippen molar-refractivity contribution in [3.8, 4) is 45.8 Å². The van der Waals surface area contributed by atoms with Crippen LogP contribution in [-0.2, 0) is 0 Å². The summed E-state index contributed by atoms with van der Waals surface area (Å²) in [6.45, 7) is 7.68. The Morgan fingerprint density at radius 1 is 0.480 bits per heavy atom. The van der Waals surface area contributed by atoms with Crippen LogP contribution in [0.5, 0.6) is 0 Å². The zero-order valence-electron chi connectivity index (χ0n) is 26.7. The van der Waals surface area contributed by atoms with Crippen LogP contribution in [0.25, 0.3) is 82.1 Å². The average Bonchev–Trinajstić information content (AvgIpc) is 3.69. The van der Waals surface area contributed by atoms with Gasteiger partial charge in [0.25, 0.3) is 0 Å². The normalized spacial score (nSPS) is 11.1. The Labute approximate surface area is 288 Å². The fourth-order valence-corrected chi connectivity index (χ4v) is 7.39. The minimum Gasteiger partial charge on any atom is -0.310 e. The van der Waals surface area contributed by atoms with Crippen molar-refractivity contribution in [2.45, 2.75) is 0 Å². The number of fused-ring (bicyclic) bond motifs is 6. The zero-order valence-corrected chi connectivity index (χ0v) is 26.7. The van der Waals surface area contributed by atoms with Gasteiger partial charge in [-0.2, -0.15) is 10.5 Å². The summed E-state index contributed by atoms with van der Waals surface area (Å²) >= 11 is 0. The molecule has 0 amide bonds. The maximum atomic E-state index is 10.3. The van der Waals surface area contributed by atoms with Gasteiger partial charge in [-0.15, -0.1) is 0 Å². The molecule has 0 N–H and O–H groups in total. The summed E-state index contributed by atoms with van der Waals surface area (Å²) in [4.78, 5) is 3.69. The molecule has 0 aliphatic heterocycles. The van der Waals surface area contributed by atoms with Gasteiger partial charge in [0.1, 0.15) is 0 Å². The lowest BCUT2D eigenvalue weighted by molar-refractivity contribution is 1.18. The Balaban J connectivity index is 1.19. The van der Waals surface area contributed by atoms with Crippen LogP contribution in [0.1, 0.15) is 11.1 Å². The maximum Gasteiger partial charge on any atom is 0.189 e. The van der Waals surface area contributed by atoms with E-state index in [1.54, 1.807) is 6.07 Å². The van der Waals surface area contributed by atoms with E-state index in [0.717, 1.165) is 55.4 Å². The molecule has 5 heteroatoms. The average molecular weight is 636 g/mol. The van der Waals surface area contributed by atoms with E-state index in [9.17, 15) is 10.5 Å². The summed E-state index contributed by atoms with van der Waals surface area (Å²) in [6.07, 6.45) is 0. The highest BCUT2D eigenvalue weighted by Gasteiger charge is 2.19. The molecule has 9 rings (SSSR count). The molecular weight excluding hydrogens is 611 g/mol. The number of para-hydroxylation sites is 2. The van der Waals surface area contributed by atoms with E-state index >= 15 is 0 Å². The molecule has 0 atom stereocenters. The molecule has 230 valence electrons. The Bertz CT molecular complexity index is 2900. The molecule has 0 saturated carbocycles. The second kappa shape index (κ2) is 11.4. The molecule has 0 saturated heterocycles. The molecule has 0 spiro atoms. The van der Waals surface area contributed by atoms with Crippen molar-refractivity contribution in [3.63, 3.8) is 0 Å². The van der Waals surface area contributed by atoms with Crippen molar-refractivity contribution < 1.29 is 0 Å². The Hall–Kier alpha value is -7.39. The fourth-order valence-electron chi connectivity index (χ4n) is 7.39. The van der Waals surface area contributed by atoms with Crippen LogP contribution in [0.4, 0.5) is 5.69 Å². The first-order valence-corrected chi connectivity index (χ1v) is 16.3. The minimum atomic E-state index is 0.521. The molecule has 2 aromatic heterocycles. The Morgan fingerprint density at radius 2 is 1.16 bits per heavy atom. The van der Waals surface area contributed by atoms with Crippen LogP contribution < -0.4 is 0 Å². The molecule has 0 aliphatic carbocycles. The van der Waals surface area contributed by atoms with Crippen LogP contribution in [0.2, 0.25) is 0 Å². The highest BCUT2D eigenvalue weighted by atomic mass is 15.0. The van der Waals surface area contributed by atoms with Crippen molar-refractivity contribution in [3.05, 3.63) is 174 Å². The van der Waals surface area contributed by atoms with Crippen LogP contribution in [-0.4, -0.2) is 9.13 Å². The predicted molar refractivity (Wildman–Crippen MR) is 202 cm³/mol. The summed E-state index contributed by atoms with van der Waals surface area (Å²) < 4.78 is 4.43. The van der Waals surface area contributed by atoms with E-state index in [0.29, 0.717) is 16.8 Å². The number of aromatic nitrogens is 2. The SMILES string of the molecule is [C-]#[N+]c1ccc2c3cc(C#N)ccc3n(-c3cccc(C#N)c3-c3ccc(-c4cccc(-n5c6ccccc6c6ccccc65)c4)cc3)c2c1. The molecule has 5 nitrogen and oxygen atoms in total. The number of hydrogen-bond donors (Lipinski definition) is 0. The van der Waals surface area contributed by atoms with E-state index in [1.165, 1.54) is 21.8 Å². The first kappa shape index (κ1) is 28.8. The highest BCUT2D eigenvalue weighted by molar-refractivity contribution is 6.11. The van der Waals surface area contributed by atoms with Crippen LogP contribution in [0, 0.1) is 29.2 Å². The van der Waals surface area contributed by atoms with Crippen LogP contribution in [0.3, 0.4) is 0 Å². The highest BCUT2D eigenvalue weighted by Crippen LogP contribution is 2.40. The van der Waals surface area contributed by atoms with Gasteiger partial charge < -0.3 is 9.13 Å². The summed E-state index contributed by atoms with van der Waals surface area (Å²) in [7, 11) is 0. The van der Waals surface area contributed by atoms with Crippen LogP contribution in [0.15, 0.2) is 152 Å². The van der Waals surface area contributed by atoms with Crippen LogP contribution >= 0.6 is 0 Å². The van der Waals surface area contributed by atoms with Gasteiger partial charge in [0.15, 0.2) is 5.69 Å². The van der Waals surface area contributed by atoms with Crippen molar-refractivity contribution >= 4 is 49.3 Å². The predicted octanol–water partition coefficient (Wildman–Crippen LogP) is 11.5. The van der Waals surface area contributed by atoms with E-state index in [-0.39, 0.29) is 0 Å². The molecule has 2 heterocycles. The largest absolute Gasteiger partial charge is 0.310 e. The standard InChI is InChI=1S/C45H25N5/c1-48-34-21-22-38-39-24-29(27-46)16-23-42(39)50(44(38)26-34)43-15-7-9-33(28-47)45(43)31-19-17-30(18-20-31)32-8-6-10-35(25-32)49-40-13-4-2-11-36(40)37-12-3-5-14-41(37)49/h2-26H. The van der Waals surface area contributed by atoms with Gasteiger partial charge in [-0.3, -0.25) is 0 Å². The lowest BCUT2D eigenvalue weighted by Crippen LogP contribution is -1.99. The summed E-state index contributed by atoms with van der Waals surface area (Å²) in [5.41, 5.74) is 11.5.